The summed E-state index contributed by atoms with van der Waals surface area (Å²) in [5, 5.41) is 7.64. The fourth-order valence-electron chi connectivity index (χ4n) is 2.35. The van der Waals surface area contributed by atoms with E-state index in [0.29, 0.717) is 0 Å². The van der Waals surface area contributed by atoms with E-state index in [4.69, 9.17) is 4.74 Å². The van der Waals surface area contributed by atoms with Gasteiger partial charge in [-0.25, -0.2) is 0 Å². The Morgan fingerprint density at radius 2 is 2.15 bits per heavy atom. The van der Waals surface area contributed by atoms with Gasteiger partial charge in [0.25, 0.3) is 0 Å². The Kier molecular flexibility index (Phi) is 5.09. The molecule has 1 atom stereocenters. The van der Waals surface area contributed by atoms with Gasteiger partial charge >= 0.3 is 0 Å². The zero-order chi connectivity index (χ0) is 14.5. The molecule has 2 rings (SSSR count). The molecule has 0 radical (unpaired) electrons. The van der Waals surface area contributed by atoms with Gasteiger partial charge in [-0.2, -0.15) is 0 Å². The molecule has 0 bridgehead atoms. The van der Waals surface area contributed by atoms with E-state index in [-0.39, 0.29) is 6.04 Å². The zero-order valence-electron chi connectivity index (χ0n) is 12.4. The van der Waals surface area contributed by atoms with E-state index in [0.717, 1.165) is 24.4 Å². The van der Waals surface area contributed by atoms with E-state index in [1.54, 1.807) is 7.11 Å². The van der Waals surface area contributed by atoms with Crippen LogP contribution in [0.3, 0.4) is 0 Å². The van der Waals surface area contributed by atoms with E-state index in [1.807, 2.05) is 13.0 Å². The molecule has 0 saturated heterocycles. The molecule has 1 unspecified atom stereocenters. The minimum absolute atomic E-state index is 0.232. The summed E-state index contributed by atoms with van der Waals surface area (Å²) in [5.41, 5.74) is 3.47. The molecule has 0 saturated carbocycles. The van der Waals surface area contributed by atoms with Crippen molar-refractivity contribution in [2.45, 2.75) is 33.2 Å². The largest absolute Gasteiger partial charge is 0.496 e. The van der Waals surface area contributed by atoms with Crippen molar-refractivity contribution in [3.8, 4) is 5.75 Å². The molecule has 0 aliphatic heterocycles. The molecule has 1 aromatic carbocycles. The highest BCUT2D eigenvalue weighted by Crippen LogP contribution is 2.28. The first-order chi connectivity index (χ1) is 9.65. The third-order valence-electron chi connectivity index (χ3n) is 3.31. The summed E-state index contributed by atoms with van der Waals surface area (Å²) >= 11 is 1.47. The molecule has 1 heterocycles. The lowest BCUT2D eigenvalue weighted by molar-refractivity contribution is 0.405. The van der Waals surface area contributed by atoms with Crippen LogP contribution in [0.4, 0.5) is 0 Å². The second kappa shape index (κ2) is 6.81. The van der Waals surface area contributed by atoms with Gasteiger partial charge in [-0.05, 0) is 50.0 Å². The van der Waals surface area contributed by atoms with E-state index >= 15 is 0 Å². The molecular weight excluding hydrogens is 270 g/mol. The van der Waals surface area contributed by atoms with Gasteiger partial charge in [-0.3, -0.25) is 0 Å². The molecule has 0 fully saturated rings. The minimum atomic E-state index is 0.232. The summed E-state index contributed by atoms with van der Waals surface area (Å²) in [6, 6.07) is 6.53. The van der Waals surface area contributed by atoms with E-state index < -0.39 is 0 Å². The number of hydrogen-bond acceptors (Lipinski definition) is 5. The van der Waals surface area contributed by atoms with Crippen LogP contribution in [0, 0.1) is 13.8 Å². The Morgan fingerprint density at radius 1 is 1.35 bits per heavy atom. The Morgan fingerprint density at radius 3 is 2.75 bits per heavy atom. The van der Waals surface area contributed by atoms with Crippen molar-refractivity contribution in [2.24, 2.45) is 0 Å². The molecule has 5 heteroatoms. The van der Waals surface area contributed by atoms with Crippen molar-refractivity contribution in [2.75, 3.05) is 13.7 Å². The molecule has 1 aromatic heterocycles. The monoisotopic (exact) mass is 291 g/mol. The molecule has 1 N–H and O–H groups in total. The Hall–Kier alpha value is -1.46. The molecule has 0 spiro atoms. The predicted molar refractivity (Wildman–Crippen MR) is 82.5 cm³/mol. The van der Waals surface area contributed by atoms with Crippen LogP contribution in [0.25, 0.3) is 0 Å². The van der Waals surface area contributed by atoms with Crippen LogP contribution < -0.4 is 10.1 Å². The number of nitrogens with zero attached hydrogens (tertiary/aromatic N) is 2. The second-order valence-electron chi connectivity index (χ2n) is 4.85. The number of ether oxygens (including phenoxy) is 1. The van der Waals surface area contributed by atoms with Gasteiger partial charge in [0.15, 0.2) is 0 Å². The maximum absolute atomic E-state index is 5.47. The SMILES string of the molecule is CCNC(Cc1cc(C)ccc1OC)c1snnc1C. The highest BCUT2D eigenvalue weighted by Gasteiger charge is 2.18. The van der Waals surface area contributed by atoms with E-state index in [9.17, 15) is 0 Å². The lowest BCUT2D eigenvalue weighted by Gasteiger charge is -2.18. The van der Waals surface area contributed by atoms with Crippen LogP contribution in [-0.2, 0) is 6.42 Å². The van der Waals surface area contributed by atoms with Gasteiger partial charge in [-0.1, -0.05) is 29.1 Å². The first-order valence-corrected chi connectivity index (χ1v) is 7.58. The summed E-state index contributed by atoms with van der Waals surface area (Å²) in [7, 11) is 1.72. The molecule has 2 aromatic rings. The van der Waals surface area contributed by atoms with Crippen LogP contribution in [-0.4, -0.2) is 23.2 Å². The van der Waals surface area contributed by atoms with E-state index in [1.165, 1.54) is 27.5 Å². The van der Waals surface area contributed by atoms with Crippen LogP contribution in [0.1, 0.15) is 34.7 Å². The van der Waals surface area contributed by atoms with Crippen molar-refractivity contribution >= 4 is 11.5 Å². The lowest BCUT2D eigenvalue weighted by Crippen LogP contribution is -2.23. The number of rotatable bonds is 6. The highest BCUT2D eigenvalue weighted by molar-refractivity contribution is 7.05. The topological polar surface area (TPSA) is 47.0 Å². The number of methoxy groups -OCH3 is 1. The smallest absolute Gasteiger partial charge is 0.122 e. The first-order valence-electron chi connectivity index (χ1n) is 6.81. The van der Waals surface area contributed by atoms with Crippen molar-refractivity contribution in [1.29, 1.82) is 0 Å². The Labute approximate surface area is 124 Å². The number of benzene rings is 1. The van der Waals surface area contributed by atoms with Crippen molar-refractivity contribution < 1.29 is 4.74 Å². The number of aryl methyl sites for hydroxylation is 2. The van der Waals surface area contributed by atoms with Gasteiger partial charge in [0, 0.05) is 6.04 Å². The highest BCUT2D eigenvalue weighted by atomic mass is 32.1. The minimum Gasteiger partial charge on any atom is -0.496 e. The van der Waals surface area contributed by atoms with Crippen LogP contribution in [0.15, 0.2) is 18.2 Å². The molecule has 0 amide bonds. The van der Waals surface area contributed by atoms with Crippen LogP contribution >= 0.6 is 11.5 Å². The van der Waals surface area contributed by atoms with Gasteiger partial charge in [-0.15, -0.1) is 5.10 Å². The molecule has 0 aliphatic carbocycles. The predicted octanol–water partition coefficient (Wildman–Crippen LogP) is 3.06. The number of hydrogen-bond donors (Lipinski definition) is 1. The summed E-state index contributed by atoms with van der Waals surface area (Å²) in [4.78, 5) is 1.20. The average Bonchev–Trinajstić information content (AvgIpc) is 2.85. The molecule has 20 heavy (non-hydrogen) atoms. The van der Waals surface area contributed by atoms with Crippen molar-refractivity contribution in [3.05, 3.63) is 39.9 Å². The summed E-state index contributed by atoms with van der Waals surface area (Å²) < 4.78 is 9.52. The maximum Gasteiger partial charge on any atom is 0.122 e. The van der Waals surface area contributed by atoms with Crippen LogP contribution in [0.2, 0.25) is 0 Å². The molecule has 4 nitrogen and oxygen atoms in total. The fourth-order valence-corrected chi connectivity index (χ4v) is 3.07. The maximum atomic E-state index is 5.47. The van der Waals surface area contributed by atoms with Gasteiger partial charge < -0.3 is 10.1 Å². The van der Waals surface area contributed by atoms with E-state index in [2.05, 4.69) is 40.9 Å². The number of likely N-dealkylation sites (N-methyl/N-ethyl adjacent to an activating group) is 1. The summed E-state index contributed by atoms with van der Waals surface area (Å²) in [6.45, 7) is 7.14. The summed E-state index contributed by atoms with van der Waals surface area (Å²) in [5.74, 6) is 0.939. The first kappa shape index (κ1) is 14.9. The number of aromatic nitrogens is 2. The standard InChI is InChI=1S/C15H21N3OS/c1-5-16-13(15-11(3)17-18-20-15)9-12-8-10(2)6-7-14(12)19-4/h6-8,13,16H,5,9H2,1-4H3. The summed E-state index contributed by atoms with van der Waals surface area (Å²) in [6.07, 6.45) is 0.878. The third-order valence-corrected chi connectivity index (χ3v) is 4.25. The Balaban J connectivity index is 2.29. The Bertz CT molecular complexity index is 568. The number of nitrogens with one attached hydrogen (secondary N) is 1. The molecule has 0 aliphatic rings. The quantitative estimate of drug-likeness (QED) is 0.888. The zero-order valence-corrected chi connectivity index (χ0v) is 13.3. The van der Waals surface area contributed by atoms with Gasteiger partial charge in [0.1, 0.15) is 5.75 Å². The molecular formula is C15H21N3OS. The second-order valence-corrected chi connectivity index (χ2v) is 5.64. The fraction of sp³-hybridized carbons (Fsp3) is 0.467. The van der Waals surface area contributed by atoms with Crippen molar-refractivity contribution in [1.82, 2.24) is 14.9 Å². The normalized spacial score (nSPS) is 12.4. The van der Waals surface area contributed by atoms with Crippen LogP contribution in [0.5, 0.6) is 5.75 Å². The lowest BCUT2D eigenvalue weighted by atomic mass is 10.0. The average molecular weight is 291 g/mol. The third kappa shape index (κ3) is 3.35. The van der Waals surface area contributed by atoms with Gasteiger partial charge in [0.05, 0.1) is 17.7 Å². The molecule has 108 valence electrons. The van der Waals surface area contributed by atoms with Crippen molar-refractivity contribution in [3.63, 3.8) is 0 Å². The van der Waals surface area contributed by atoms with Gasteiger partial charge in [0.2, 0.25) is 0 Å².